The van der Waals surface area contributed by atoms with Crippen LogP contribution in [-0.2, 0) is 38.1 Å². The average Bonchev–Trinajstić information content (AvgIpc) is 3.49. The zero-order valence-corrected chi connectivity index (χ0v) is 23.4. The smallest absolute Gasteiger partial charge is 0.303 e. The standard InChI is InChI=1S/C30H36O10/c1-13(31)38-20-10-21-30-12-37-26(40-21)28(20,4)18(30)9-19(34)29(5)23-17(33)8-16(15-6-7-36-11-15)27(23,3)25(39-14(2)32)22(35)24(29)30/h6-7,11,16,18-21,23-26,34H,8-10,12H2,1-5H3/t16-,18-,19+,20-,21+,23+,24-,25-,26?,27-,28+,29-,30+/m0/s1. The summed E-state index contributed by atoms with van der Waals surface area (Å²) in [6.45, 7) is 8.50. The predicted octanol–water partition coefficient (Wildman–Crippen LogP) is 2.56. The molecule has 0 amide bonds. The Labute approximate surface area is 232 Å². The first-order valence-electron chi connectivity index (χ1n) is 14.2. The second-order valence-corrected chi connectivity index (χ2v) is 13.7. The quantitative estimate of drug-likeness (QED) is 0.553. The first-order chi connectivity index (χ1) is 18.8. The summed E-state index contributed by atoms with van der Waals surface area (Å²) >= 11 is 0. The zero-order valence-electron chi connectivity index (χ0n) is 23.4. The van der Waals surface area contributed by atoms with Gasteiger partial charge < -0.3 is 28.5 Å². The van der Waals surface area contributed by atoms with Gasteiger partial charge in [-0.1, -0.05) is 20.8 Å². The summed E-state index contributed by atoms with van der Waals surface area (Å²) in [5.74, 6) is -3.77. The first-order valence-corrected chi connectivity index (χ1v) is 14.2. The molecule has 5 heterocycles. The number of hydrogen-bond donors (Lipinski definition) is 1. The summed E-state index contributed by atoms with van der Waals surface area (Å²) in [6, 6.07) is 1.78. The molecule has 1 N–H and O–H groups in total. The van der Waals surface area contributed by atoms with E-state index in [1.54, 1.807) is 12.3 Å². The van der Waals surface area contributed by atoms with Gasteiger partial charge in [-0.25, -0.2) is 0 Å². The van der Waals surface area contributed by atoms with Gasteiger partial charge in [0, 0.05) is 60.7 Å². The van der Waals surface area contributed by atoms with Crippen LogP contribution in [0.1, 0.15) is 65.4 Å². The van der Waals surface area contributed by atoms with Crippen LogP contribution in [0.25, 0.3) is 0 Å². The molecule has 0 aromatic carbocycles. The molecule has 4 bridgehead atoms. The molecule has 1 spiro atoms. The number of hydrogen-bond acceptors (Lipinski definition) is 10. The van der Waals surface area contributed by atoms with Gasteiger partial charge in [0.2, 0.25) is 0 Å². The molecule has 10 nitrogen and oxygen atoms in total. The first kappa shape index (κ1) is 26.3. The largest absolute Gasteiger partial charge is 0.472 e. The Balaban J connectivity index is 1.42. The van der Waals surface area contributed by atoms with Gasteiger partial charge >= 0.3 is 11.9 Å². The van der Waals surface area contributed by atoms with Crippen LogP contribution in [0.3, 0.4) is 0 Å². The van der Waals surface area contributed by atoms with Gasteiger partial charge in [-0.3, -0.25) is 19.2 Å². The van der Waals surface area contributed by atoms with Crippen LogP contribution in [0.5, 0.6) is 0 Å². The number of Topliss-reactive ketones (excluding diaryl/α,β-unsaturated/α-hetero) is 2. The van der Waals surface area contributed by atoms with Crippen molar-refractivity contribution in [3.8, 4) is 0 Å². The third-order valence-electron chi connectivity index (χ3n) is 12.1. The minimum atomic E-state index is -1.21. The lowest BCUT2D eigenvalue weighted by atomic mass is 9.33. The highest BCUT2D eigenvalue weighted by Gasteiger charge is 2.84. The van der Waals surface area contributed by atoms with Gasteiger partial charge in [0.05, 0.1) is 36.8 Å². The Hall–Kier alpha value is -2.56. The lowest BCUT2D eigenvalue weighted by Crippen LogP contribution is -2.84. The molecule has 4 aliphatic carbocycles. The van der Waals surface area contributed by atoms with Crippen LogP contribution in [-0.4, -0.2) is 65.9 Å². The van der Waals surface area contributed by atoms with E-state index in [-0.39, 0.29) is 30.5 Å². The number of carbonyl (C=O) groups is 4. The van der Waals surface area contributed by atoms with Crippen LogP contribution in [0.15, 0.2) is 23.0 Å². The molecule has 4 aliphatic heterocycles. The summed E-state index contributed by atoms with van der Waals surface area (Å²) in [7, 11) is 0. The number of esters is 2. The van der Waals surface area contributed by atoms with E-state index in [1.165, 1.54) is 20.1 Å². The summed E-state index contributed by atoms with van der Waals surface area (Å²) in [6.07, 6.45) is 0.0572. The normalized spacial score (nSPS) is 52.1. The fourth-order valence-corrected chi connectivity index (χ4v) is 10.8. The molecule has 4 saturated carbocycles. The summed E-state index contributed by atoms with van der Waals surface area (Å²) < 4.78 is 29.7. The SMILES string of the molecule is CC(=O)O[C@H]1C[C@H]2OC3OC[C@@]24[C@@H](C[C@@H](O)[C@@]2(C)[C@@H]5C(=O)C[C@@H](c6ccoc6)[C@]5(C)[C@@H](OC(C)=O)C(=O)[C@@H]24)[C@@]31C. The second-order valence-electron chi connectivity index (χ2n) is 13.7. The van der Waals surface area contributed by atoms with Crippen LogP contribution in [0, 0.1) is 39.4 Å². The Bertz CT molecular complexity index is 1310. The minimum absolute atomic E-state index is 0.0692. The fourth-order valence-electron chi connectivity index (χ4n) is 10.8. The number of fused-ring (bicyclic) bond motifs is 5. The summed E-state index contributed by atoms with van der Waals surface area (Å²) in [5, 5.41) is 12.1. The van der Waals surface area contributed by atoms with Crippen LogP contribution in [0.2, 0.25) is 0 Å². The van der Waals surface area contributed by atoms with Gasteiger partial charge in [0.25, 0.3) is 0 Å². The molecular weight excluding hydrogens is 520 g/mol. The van der Waals surface area contributed by atoms with Crippen molar-refractivity contribution in [2.24, 2.45) is 39.4 Å². The zero-order chi connectivity index (χ0) is 28.6. The molecule has 1 aromatic rings. The van der Waals surface area contributed by atoms with Crippen molar-refractivity contribution >= 4 is 23.5 Å². The van der Waals surface area contributed by atoms with Crippen molar-refractivity contribution in [1.82, 2.24) is 0 Å². The van der Waals surface area contributed by atoms with Crippen molar-refractivity contribution in [2.45, 2.75) is 90.5 Å². The molecular formula is C30H36O10. The Morgan fingerprint density at radius 1 is 1.00 bits per heavy atom. The Kier molecular flexibility index (Phi) is 5.30. The maximum Gasteiger partial charge on any atom is 0.303 e. The van der Waals surface area contributed by atoms with E-state index in [1.807, 2.05) is 20.8 Å². The molecule has 1 aromatic heterocycles. The molecule has 40 heavy (non-hydrogen) atoms. The van der Waals surface area contributed by atoms with E-state index >= 15 is 0 Å². The minimum Gasteiger partial charge on any atom is -0.472 e. The van der Waals surface area contributed by atoms with Crippen molar-refractivity contribution in [1.29, 1.82) is 0 Å². The molecule has 9 rings (SSSR count). The molecule has 0 radical (unpaired) electrons. The molecule has 13 atom stereocenters. The topological polar surface area (TPSA) is 139 Å². The molecule has 10 heteroatoms. The van der Waals surface area contributed by atoms with Crippen molar-refractivity contribution in [3.05, 3.63) is 24.2 Å². The second kappa shape index (κ2) is 8.04. The van der Waals surface area contributed by atoms with E-state index in [0.717, 1.165) is 5.56 Å². The number of aliphatic hydroxyl groups is 1. The average molecular weight is 557 g/mol. The molecule has 8 aliphatic rings. The van der Waals surface area contributed by atoms with Gasteiger partial charge in [0.1, 0.15) is 11.9 Å². The third kappa shape index (κ3) is 2.80. The Morgan fingerprint density at radius 3 is 2.38 bits per heavy atom. The maximum absolute atomic E-state index is 15.0. The van der Waals surface area contributed by atoms with Gasteiger partial charge in [-0.05, 0) is 24.0 Å². The van der Waals surface area contributed by atoms with Gasteiger partial charge in [0.15, 0.2) is 18.2 Å². The maximum atomic E-state index is 15.0. The van der Waals surface area contributed by atoms with Gasteiger partial charge in [-0.15, -0.1) is 0 Å². The van der Waals surface area contributed by atoms with E-state index in [9.17, 15) is 24.3 Å². The summed E-state index contributed by atoms with van der Waals surface area (Å²) in [4.78, 5) is 53.6. The molecule has 4 saturated heterocycles. The van der Waals surface area contributed by atoms with Crippen LogP contribution in [0.4, 0.5) is 0 Å². The van der Waals surface area contributed by atoms with Crippen molar-refractivity contribution in [3.63, 3.8) is 0 Å². The van der Waals surface area contributed by atoms with E-state index in [0.29, 0.717) is 12.8 Å². The monoisotopic (exact) mass is 556 g/mol. The lowest BCUT2D eigenvalue weighted by molar-refractivity contribution is -0.451. The predicted molar refractivity (Wildman–Crippen MR) is 134 cm³/mol. The van der Waals surface area contributed by atoms with E-state index in [2.05, 4.69) is 0 Å². The third-order valence-corrected chi connectivity index (χ3v) is 12.1. The highest BCUT2D eigenvalue weighted by atomic mass is 16.7. The van der Waals surface area contributed by atoms with Crippen LogP contribution < -0.4 is 0 Å². The molecule has 1 unspecified atom stereocenters. The van der Waals surface area contributed by atoms with Crippen molar-refractivity contribution < 1.29 is 47.6 Å². The number of aliphatic hydroxyl groups excluding tert-OH is 1. The summed E-state index contributed by atoms with van der Waals surface area (Å²) in [5.41, 5.74) is -3.21. The van der Waals surface area contributed by atoms with Crippen LogP contribution >= 0.6 is 0 Å². The van der Waals surface area contributed by atoms with Gasteiger partial charge in [-0.2, -0.15) is 0 Å². The lowest BCUT2D eigenvalue weighted by Gasteiger charge is -2.76. The van der Waals surface area contributed by atoms with E-state index in [4.69, 9.17) is 23.4 Å². The number of carbonyl (C=O) groups excluding carboxylic acids is 4. The number of furan rings is 1. The molecule has 216 valence electrons. The fraction of sp³-hybridized carbons (Fsp3) is 0.733. The number of rotatable bonds is 3. The number of ether oxygens (including phenoxy) is 4. The highest BCUT2D eigenvalue weighted by molar-refractivity contribution is 5.97. The van der Waals surface area contributed by atoms with Crippen molar-refractivity contribution in [2.75, 3.05) is 6.61 Å². The molecule has 8 fully saturated rings. The number of ketones is 2. The highest BCUT2D eigenvalue weighted by Crippen LogP contribution is 2.77. The Morgan fingerprint density at radius 2 is 1.73 bits per heavy atom. The van der Waals surface area contributed by atoms with E-state index < -0.39 is 82.1 Å².